The Labute approximate surface area is 165 Å². The van der Waals surface area contributed by atoms with Gasteiger partial charge in [-0.3, -0.25) is 9.59 Å². The first-order valence-corrected chi connectivity index (χ1v) is 9.54. The molecule has 1 aliphatic heterocycles. The van der Waals surface area contributed by atoms with Crippen molar-refractivity contribution in [2.75, 3.05) is 23.3 Å². The summed E-state index contributed by atoms with van der Waals surface area (Å²) in [5, 5.41) is 11.6. The smallest absolute Gasteiger partial charge is 0.256 e. The van der Waals surface area contributed by atoms with Crippen LogP contribution in [0.4, 0.5) is 11.4 Å². The van der Waals surface area contributed by atoms with Crippen LogP contribution in [0.2, 0.25) is 0 Å². The molecule has 0 bridgehead atoms. The van der Waals surface area contributed by atoms with E-state index in [0.29, 0.717) is 33.2 Å². The van der Waals surface area contributed by atoms with Crippen molar-refractivity contribution in [3.05, 3.63) is 58.4 Å². The molecule has 1 aliphatic rings. The Morgan fingerprint density at radius 1 is 1.07 bits per heavy atom. The first-order valence-electron chi connectivity index (χ1n) is 9.54. The number of amides is 1. The summed E-state index contributed by atoms with van der Waals surface area (Å²) in [6.07, 6.45) is 2.28. The second-order valence-corrected chi connectivity index (χ2v) is 7.21. The second-order valence-electron chi connectivity index (χ2n) is 7.21. The van der Waals surface area contributed by atoms with Gasteiger partial charge in [0.2, 0.25) is 0 Å². The number of aryl methyl sites for hydroxylation is 1. The number of nitrogens with zero attached hydrogens (tertiary/aromatic N) is 4. The third-order valence-corrected chi connectivity index (χ3v) is 5.49. The number of hydrogen-bond acceptors (Lipinski definition) is 6. The van der Waals surface area contributed by atoms with E-state index >= 15 is 0 Å². The van der Waals surface area contributed by atoms with Crippen molar-refractivity contribution < 1.29 is 9.42 Å². The van der Waals surface area contributed by atoms with Crippen molar-refractivity contribution >= 4 is 39.2 Å². The highest BCUT2D eigenvalue weighted by Crippen LogP contribution is 2.32. The second kappa shape index (κ2) is 6.73. The van der Waals surface area contributed by atoms with Crippen LogP contribution in [-0.2, 0) is 7.05 Å². The Morgan fingerprint density at radius 3 is 2.66 bits per heavy atom. The fourth-order valence-corrected chi connectivity index (χ4v) is 3.96. The molecule has 146 valence electrons. The molecule has 1 amide bonds. The molecule has 4 aromatic rings. The topological polar surface area (TPSA) is 93.3 Å². The van der Waals surface area contributed by atoms with E-state index in [0.717, 1.165) is 31.6 Å². The third kappa shape index (κ3) is 2.84. The lowest BCUT2D eigenvalue weighted by molar-refractivity contribution is 0.102. The normalized spacial score (nSPS) is 14.0. The van der Waals surface area contributed by atoms with Gasteiger partial charge in [-0.15, -0.1) is 0 Å². The highest BCUT2D eigenvalue weighted by atomic mass is 16.6. The van der Waals surface area contributed by atoms with Crippen molar-refractivity contribution in [1.29, 1.82) is 0 Å². The number of anilines is 2. The lowest BCUT2D eigenvalue weighted by Gasteiger charge is -2.18. The van der Waals surface area contributed by atoms with Crippen molar-refractivity contribution in [3.63, 3.8) is 0 Å². The fraction of sp³-hybridized carbons (Fsp3) is 0.238. The van der Waals surface area contributed by atoms with Gasteiger partial charge in [0.05, 0.1) is 22.5 Å². The summed E-state index contributed by atoms with van der Waals surface area (Å²) in [7, 11) is 1.69. The largest absolute Gasteiger partial charge is 0.370 e. The lowest BCUT2D eigenvalue weighted by atomic mass is 10.1. The molecule has 5 rings (SSSR count). The third-order valence-electron chi connectivity index (χ3n) is 5.49. The summed E-state index contributed by atoms with van der Waals surface area (Å²) >= 11 is 0. The lowest BCUT2D eigenvalue weighted by Crippen LogP contribution is -2.22. The average Bonchev–Trinajstić information content (AvgIpc) is 3.43. The molecule has 0 saturated carbocycles. The molecule has 8 heteroatoms. The Kier molecular flexibility index (Phi) is 4.04. The van der Waals surface area contributed by atoms with Crippen molar-refractivity contribution in [2.45, 2.75) is 12.8 Å². The maximum atomic E-state index is 13.0. The van der Waals surface area contributed by atoms with E-state index in [1.165, 1.54) is 10.6 Å². The van der Waals surface area contributed by atoms with Gasteiger partial charge in [0.25, 0.3) is 11.5 Å². The van der Waals surface area contributed by atoms with E-state index in [2.05, 4.69) is 20.5 Å². The number of hydrogen-bond donors (Lipinski definition) is 1. The quantitative estimate of drug-likeness (QED) is 0.579. The van der Waals surface area contributed by atoms with E-state index in [1.807, 2.05) is 30.3 Å². The molecule has 0 radical (unpaired) electrons. The van der Waals surface area contributed by atoms with Crippen LogP contribution in [-0.4, -0.2) is 33.9 Å². The molecular weight excluding hydrogens is 370 g/mol. The summed E-state index contributed by atoms with van der Waals surface area (Å²) in [5.41, 5.74) is 3.34. The summed E-state index contributed by atoms with van der Waals surface area (Å²) in [6.45, 7) is 1.93. The number of aromatic nitrogens is 3. The molecule has 2 aromatic carbocycles. The molecule has 1 fully saturated rings. The van der Waals surface area contributed by atoms with Gasteiger partial charge in [0, 0.05) is 31.6 Å². The molecule has 0 atom stereocenters. The van der Waals surface area contributed by atoms with Crippen LogP contribution >= 0.6 is 0 Å². The summed E-state index contributed by atoms with van der Waals surface area (Å²) < 4.78 is 6.49. The minimum absolute atomic E-state index is 0.244. The van der Waals surface area contributed by atoms with Gasteiger partial charge in [0.15, 0.2) is 11.0 Å². The monoisotopic (exact) mass is 389 g/mol. The van der Waals surface area contributed by atoms with Crippen LogP contribution in [0.25, 0.3) is 21.9 Å². The maximum absolute atomic E-state index is 13.0. The zero-order valence-electron chi connectivity index (χ0n) is 15.9. The number of fused-ring (bicyclic) bond motifs is 2. The minimum atomic E-state index is -0.378. The highest BCUT2D eigenvalue weighted by molar-refractivity contribution is 6.14. The van der Waals surface area contributed by atoms with E-state index in [1.54, 1.807) is 13.1 Å². The molecule has 1 saturated heterocycles. The Morgan fingerprint density at radius 2 is 1.83 bits per heavy atom. The van der Waals surface area contributed by atoms with Crippen LogP contribution in [0.15, 0.2) is 51.9 Å². The standard InChI is InChI=1S/C21H19N5O3/c1-25-16-7-3-2-6-13(16)14(12-18(25)27)21(28)22-15-8-9-17(26-10-4-5-11-26)20-19(15)23-29-24-20/h2-3,6-9,12H,4-5,10-11H2,1H3,(H,22,28). The number of benzene rings is 2. The molecule has 8 nitrogen and oxygen atoms in total. The minimum Gasteiger partial charge on any atom is -0.370 e. The number of pyridine rings is 1. The van der Waals surface area contributed by atoms with Gasteiger partial charge in [-0.25, -0.2) is 4.63 Å². The van der Waals surface area contributed by atoms with Crippen molar-refractivity contribution in [2.24, 2.45) is 7.05 Å². The molecule has 2 aromatic heterocycles. The molecule has 1 N–H and O–H groups in total. The zero-order chi connectivity index (χ0) is 20.0. The summed E-state index contributed by atoms with van der Waals surface area (Å²) in [5.74, 6) is -0.378. The molecule has 0 spiro atoms. The maximum Gasteiger partial charge on any atom is 0.256 e. The van der Waals surface area contributed by atoms with Crippen LogP contribution in [0, 0.1) is 0 Å². The van der Waals surface area contributed by atoms with Gasteiger partial charge in [-0.1, -0.05) is 18.2 Å². The van der Waals surface area contributed by atoms with Crippen LogP contribution in [0.5, 0.6) is 0 Å². The first-order chi connectivity index (χ1) is 14.1. The van der Waals surface area contributed by atoms with E-state index in [9.17, 15) is 9.59 Å². The molecular formula is C21H19N5O3. The Balaban J connectivity index is 1.56. The summed E-state index contributed by atoms with van der Waals surface area (Å²) in [4.78, 5) is 27.6. The number of carbonyl (C=O) groups is 1. The number of para-hydroxylation sites is 1. The highest BCUT2D eigenvalue weighted by Gasteiger charge is 2.21. The SMILES string of the molecule is Cn1c(=O)cc(C(=O)Nc2ccc(N3CCCC3)c3nonc23)c2ccccc21. The van der Waals surface area contributed by atoms with E-state index < -0.39 is 0 Å². The molecule has 0 aliphatic carbocycles. The predicted octanol–water partition coefficient (Wildman–Crippen LogP) is 2.93. The zero-order valence-corrected chi connectivity index (χ0v) is 15.9. The molecule has 29 heavy (non-hydrogen) atoms. The van der Waals surface area contributed by atoms with Crippen molar-refractivity contribution in [3.8, 4) is 0 Å². The predicted molar refractivity (Wildman–Crippen MR) is 110 cm³/mol. The van der Waals surface area contributed by atoms with E-state index in [4.69, 9.17) is 4.63 Å². The van der Waals surface area contributed by atoms with Gasteiger partial charge < -0.3 is 14.8 Å². The van der Waals surface area contributed by atoms with E-state index in [-0.39, 0.29) is 11.5 Å². The Hall–Kier alpha value is -3.68. The van der Waals surface area contributed by atoms with Gasteiger partial charge >= 0.3 is 0 Å². The Bertz CT molecular complexity index is 1300. The van der Waals surface area contributed by atoms with Gasteiger partial charge in [0.1, 0.15) is 0 Å². The van der Waals surface area contributed by atoms with Crippen molar-refractivity contribution in [1.82, 2.24) is 14.9 Å². The first kappa shape index (κ1) is 17.4. The number of rotatable bonds is 3. The van der Waals surface area contributed by atoms with Crippen LogP contribution in [0.3, 0.4) is 0 Å². The molecule has 3 heterocycles. The summed E-state index contributed by atoms with van der Waals surface area (Å²) in [6, 6.07) is 12.4. The van der Waals surface area contributed by atoms with Gasteiger partial charge in [-0.05, 0) is 41.4 Å². The van der Waals surface area contributed by atoms with Crippen LogP contribution < -0.4 is 15.8 Å². The number of carbonyl (C=O) groups excluding carboxylic acids is 1. The fourth-order valence-electron chi connectivity index (χ4n) is 3.96. The number of nitrogens with one attached hydrogen (secondary N) is 1. The van der Waals surface area contributed by atoms with Crippen LogP contribution in [0.1, 0.15) is 23.2 Å². The average molecular weight is 389 g/mol. The van der Waals surface area contributed by atoms with Gasteiger partial charge in [-0.2, -0.15) is 0 Å². The molecule has 0 unspecified atom stereocenters.